The lowest BCUT2D eigenvalue weighted by Crippen LogP contribution is -2.29. The van der Waals surface area contributed by atoms with Gasteiger partial charge in [0.05, 0.1) is 16.8 Å². The summed E-state index contributed by atoms with van der Waals surface area (Å²) in [5.74, 6) is -1.02. The monoisotopic (exact) mass is 554 g/mol. The lowest BCUT2D eigenvalue weighted by Gasteiger charge is -2.29. The van der Waals surface area contributed by atoms with Gasteiger partial charge in [-0.2, -0.15) is 10.1 Å². The maximum atomic E-state index is 15.7. The Bertz CT molecular complexity index is 1460. The SMILES string of the molecule is Cc1ccccc1-c1nc(NSc2cnn(C)c2)nc(Oc2cccc(C3CCN(C)CC3)c2F)c1C(F)F. The van der Waals surface area contributed by atoms with Gasteiger partial charge >= 0.3 is 0 Å². The Labute approximate surface area is 229 Å². The molecule has 0 spiro atoms. The van der Waals surface area contributed by atoms with Gasteiger partial charge in [-0.1, -0.05) is 36.4 Å². The number of alkyl halides is 2. The van der Waals surface area contributed by atoms with E-state index in [0.717, 1.165) is 36.4 Å². The normalized spacial score (nSPS) is 14.6. The molecule has 0 bridgehead atoms. The third kappa shape index (κ3) is 6.04. The first-order chi connectivity index (χ1) is 18.8. The molecule has 204 valence electrons. The average Bonchev–Trinajstić information content (AvgIpc) is 3.34. The fourth-order valence-electron chi connectivity index (χ4n) is 4.71. The maximum absolute atomic E-state index is 15.7. The summed E-state index contributed by atoms with van der Waals surface area (Å²) >= 11 is 1.18. The van der Waals surface area contributed by atoms with E-state index in [1.165, 1.54) is 18.0 Å². The third-order valence-corrected chi connectivity index (χ3v) is 7.56. The summed E-state index contributed by atoms with van der Waals surface area (Å²) in [5, 5.41) is 4.12. The molecule has 0 atom stereocenters. The molecule has 0 saturated carbocycles. The predicted molar refractivity (Wildman–Crippen MR) is 146 cm³/mol. The van der Waals surface area contributed by atoms with Crippen LogP contribution in [-0.2, 0) is 7.05 Å². The van der Waals surface area contributed by atoms with Gasteiger partial charge in [-0.3, -0.25) is 9.40 Å². The molecule has 0 unspecified atom stereocenters. The van der Waals surface area contributed by atoms with Crippen LogP contribution in [0.5, 0.6) is 11.6 Å². The number of hydrogen-bond acceptors (Lipinski definition) is 7. The third-order valence-electron chi connectivity index (χ3n) is 6.83. The Hall–Kier alpha value is -3.57. The number of hydrogen-bond donors (Lipinski definition) is 1. The summed E-state index contributed by atoms with van der Waals surface area (Å²) < 4.78 is 55.4. The molecule has 2 aromatic heterocycles. The van der Waals surface area contributed by atoms with Gasteiger partial charge < -0.3 is 9.64 Å². The smallest absolute Gasteiger partial charge is 0.271 e. The van der Waals surface area contributed by atoms with Crippen molar-refractivity contribution in [1.82, 2.24) is 24.6 Å². The number of nitrogens with one attached hydrogen (secondary N) is 1. The molecule has 1 fully saturated rings. The van der Waals surface area contributed by atoms with Crippen LogP contribution in [0, 0.1) is 12.7 Å². The highest BCUT2D eigenvalue weighted by Gasteiger charge is 2.28. The molecule has 39 heavy (non-hydrogen) atoms. The quantitative estimate of drug-likeness (QED) is 0.236. The van der Waals surface area contributed by atoms with E-state index in [4.69, 9.17) is 4.74 Å². The zero-order valence-electron chi connectivity index (χ0n) is 21.9. The van der Waals surface area contributed by atoms with E-state index < -0.39 is 23.7 Å². The second-order valence-corrected chi connectivity index (χ2v) is 10.5. The summed E-state index contributed by atoms with van der Waals surface area (Å²) in [7, 11) is 3.83. The van der Waals surface area contributed by atoms with Crippen molar-refractivity contribution in [2.45, 2.75) is 37.0 Å². The van der Waals surface area contributed by atoms with Gasteiger partial charge in [-0.15, -0.1) is 0 Å². The molecule has 1 saturated heterocycles. The van der Waals surface area contributed by atoms with E-state index in [0.29, 0.717) is 11.1 Å². The molecule has 0 aliphatic carbocycles. The molecule has 7 nitrogen and oxygen atoms in total. The summed E-state index contributed by atoms with van der Waals surface area (Å²) in [4.78, 5) is 11.7. The van der Waals surface area contributed by atoms with Crippen LogP contribution >= 0.6 is 11.9 Å². The molecule has 1 aliphatic rings. The minimum atomic E-state index is -2.96. The number of benzene rings is 2. The van der Waals surface area contributed by atoms with Crippen molar-refractivity contribution in [2.75, 3.05) is 24.9 Å². The van der Waals surface area contributed by atoms with Crippen LogP contribution in [0.15, 0.2) is 59.8 Å². The Morgan fingerprint density at radius 2 is 1.82 bits per heavy atom. The van der Waals surface area contributed by atoms with Gasteiger partial charge in [0.1, 0.15) is 5.56 Å². The van der Waals surface area contributed by atoms with Crippen molar-refractivity contribution >= 4 is 17.9 Å². The number of ether oxygens (including phenoxy) is 1. The van der Waals surface area contributed by atoms with E-state index in [-0.39, 0.29) is 23.3 Å². The van der Waals surface area contributed by atoms with Crippen molar-refractivity contribution in [1.29, 1.82) is 0 Å². The van der Waals surface area contributed by atoms with Gasteiger partial charge in [0.15, 0.2) is 11.6 Å². The minimum Gasteiger partial charge on any atom is -0.435 e. The van der Waals surface area contributed by atoms with Crippen molar-refractivity contribution in [2.24, 2.45) is 7.05 Å². The second-order valence-electron chi connectivity index (χ2n) is 9.62. The molecular weight excluding hydrogens is 525 g/mol. The molecule has 2 aromatic carbocycles. The number of piperidine rings is 1. The van der Waals surface area contributed by atoms with Crippen molar-refractivity contribution in [3.63, 3.8) is 0 Å². The first-order valence-corrected chi connectivity index (χ1v) is 13.4. The zero-order valence-corrected chi connectivity index (χ0v) is 22.7. The van der Waals surface area contributed by atoms with Gasteiger partial charge in [0.2, 0.25) is 11.8 Å². The molecule has 1 N–H and O–H groups in total. The van der Waals surface area contributed by atoms with Crippen LogP contribution < -0.4 is 9.46 Å². The minimum absolute atomic E-state index is 0.0225. The fourth-order valence-corrected chi connectivity index (χ4v) is 5.32. The molecule has 3 heterocycles. The number of rotatable bonds is 8. The zero-order chi connectivity index (χ0) is 27.5. The molecule has 0 amide bonds. The van der Waals surface area contributed by atoms with Crippen LogP contribution in [0.25, 0.3) is 11.3 Å². The van der Waals surface area contributed by atoms with Crippen LogP contribution in [0.4, 0.5) is 19.1 Å². The van der Waals surface area contributed by atoms with E-state index >= 15 is 4.39 Å². The van der Waals surface area contributed by atoms with Gasteiger partial charge in [-0.05, 0) is 75.0 Å². The summed E-state index contributed by atoms with van der Waals surface area (Å²) in [6.45, 7) is 3.54. The van der Waals surface area contributed by atoms with Crippen molar-refractivity contribution in [3.05, 3.63) is 77.4 Å². The Morgan fingerprint density at radius 1 is 1.05 bits per heavy atom. The van der Waals surface area contributed by atoms with Gasteiger partial charge in [0.25, 0.3) is 6.43 Å². The fraction of sp³-hybridized carbons (Fsp3) is 0.321. The average molecular weight is 555 g/mol. The van der Waals surface area contributed by atoms with Crippen molar-refractivity contribution in [3.8, 4) is 22.9 Å². The number of anilines is 1. The highest BCUT2D eigenvalue weighted by Crippen LogP contribution is 2.41. The second kappa shape index (κ2) is 11.7. The molecule has 5 rings (SSSR count). The number of halogens is 3. The summed E-state index contributed by atoms with van der Waals surface area (Å²) in [6, 6.07) is 12.0. The standard InChI is InChI=1S/C28H29F3N6OS/c1-17-7-4-5-8-20(17)25-23(26(30)31)27(34-28(33-25)35-39-19-15-32-37(3)16-19)38-22-10-6-9-21(24(22)29)18-11-13-36(2)14-12-18/h4-10,15-16,18,26H,11-14H2,1-3H3,(H,33,34,35). The molecule has 1 aliphatic heterocycles. The Kier molecular flexibility index (Phi) is 8.08. The van der Waals surface area contributed by atoms with Crippen molar-refractivity contribution < 1.29 is 17.9 Å². The summed E-state index contributed by atoms with van der Waals surface area (Å²) in [5.41, 5.74) is 1.32. The van der Waals surface area contributed by atoms with E-state index in [9.17, 15) is 8.78 Å². The molecule has 0 radical (unpaired) electrons. The number of aryl methyl sites for hydroxylation is 2. The summed E-state index contributed by atoms with van der Waals surface area (Å²) in [6.07, 6.45) is 2.09. The highest BCUT2D eigenvalue weighted by atomic mass is 32.2. The predicted octanol–water partition coefficient (Wildman–Crippen LogP) is 6.98. The number of likely N-dealkylation sites (tertiary alicyclic amines) is 1. The lowest BCUT2D eigenvalue weighted by molar-refractivity contribution is 0.147. The maximum Gasteiger partial charge on any atom is 0.271 e. The van der Waals surface area contributed by atoms with Crippen LogP contribution in [0.2, 0.25) is 0 Å². The highest BCUT2D eigenvalue weighted by molar-refractivity contribution is 8.00. The molecule has 4 aromatic rings. The van der Waals surface area contributed by atoms with Crippen LogP contribution in [-0.4, -0.2) is 44.8 Å². The van der Waals surface area contributed by atoms with Gasteiger partial charge in [-0.25, -0.2) is 18.2 Å². The topological polar surface area (TPSA) is 68.1 Å². The van der Waals surface area contributed by atoms with E-state index in [1.807, 2.05) is 26.1 Å². The molecular formula is C28H29F3N6OS. The lowest BCUT2D eigenvalue weighted by atomic mass is 9.89. The Balaban J connectivity index is 1.56. The van der Waals surface area contributed by atoms with Gasteiger partial charge in [0, 0.05) is 18.8 Å². The van der Waals surface area contributed by atoms with E-state index in [2.05, 4.69) is 24.7 Å². The Morgan fingerprint density at radius 3 is 2.51 bits per heavy atom. The molecule has 11 heteroatoms. The first-order valence-electron chi connectivity index (χ1n) is 12.6. The van der Waals surface area contributed by atoms with Crippen LogP contribution in [0.1, 0.15) is 41.9 Å². The number of aromatic nitrogens is 4. The largest absolute Gasteiger partial charge is 0.435 e. The number of nitrogens with zero attached hydrogens (tertiary/aromatic N) is 5. The van der Waals surface area contributed by atoms with E-state index in [1.54, 1.807) is 48.4 Å². The first kappa shape index (κ1) is 27.0. The van der Waals surface area contributed by atoms with Crippen LogP contribution in [0.3, 0.4) is 0 Å².